The number of nitrogens with two attached hydrogens (primary N) is 1. The van der Waals surface area contributed by atoms with Gasteiger partial charge in [-0.15, -0.1) is 0 Å². The number of halogens is 2. The van der Waals surface area contributed by atoms with Crippen molar-refractivity contribution in [3.63, 3.8) is 0 Å². The number of anilines is 2. The molecule has 0 radical (unpaired) electrons. The smallest absolute Gasteiger partial charge is 0.228 e. The zero-order valence-corrected chi connectivity index (χ0v) is 11.3. The predicted molar refractivity (Wildman–Crippen MR) is 69.7 cm³/mol. The summed E-state index contributed by atoms with van der Waals surface area (Å²) in [5.41, 5.74) is 6.72. The van der Waals surface area contributed by atoms with Crippen LogP contribution in [0, 0.1) is 12.7 Å². The molecule has 5 nitrogen and oxygen atoms in total. The molecule has 0 aliphatic rings. The van der Waals surface area contributed by atoms with E-state index in [1.54, 1.807) is 13.0 Å². The topological polar surface area (TPSA) is 77.0 Å². The number of hydrogen-bond acceptors (Lipinski definition) is 5. The Hall–Kier alpha value is -1.63. The Morgan fingerprint density at radius 2 is 2.28 bits per heavy atom. The van der Waals surface area contributed by atoms with Crippen LogP contribution < -0.4 is 11.1 Å². The second-order valence-corrected chi connectivity index (χ2v) is 4.62. The SMILES string of the molecule is Cc1noc(CCNc2cc(Br)c(F)cc2N)n1. The van der Waals surface area contributed by atoms with E-state index in [0.717, 1.165) is 0 Å². The van der Waals surface area contributed by atoms with Crippen LogP contribution in [0.3, 0.4) is 0 Å². The van der Waals surface area contributed by atoms with Gasteiger partial charge in [0.15, 0.2) is 5.82 Å². The van der Waals surface area contributed by atoms with Crippen molar-refractivity contribution >= 4 is 27.3 Å². The third-order valence-electron chi connectivity index (χ3n) is 2.32. The lowest BCUT2D eigenvalue weighted by Gasteiger charge is -2.09. The molecule has 0 saturated carbocycles. The lowest BCUT2D eigenvalue weighted by Crippen LogP contribution is -2.07. The maximum absolute atomic E-state index is 13.2. The minimum absolute atomic E-state index is 0.359. The lowest BCUT2D eigenvalue weighted by atomic mass is 10.2. The number of nitrogen functional groups attached to an aromatic ring is 1. The van der Waals surface area contributed by atoms with E-state index in [0.29, 0.717) is 40.5 Å². The van der Waals surface area contributed by atoms with Crippen molar-refractivity contribution in [1.82, 2.24) is 10.1 Å². The zero-order chi connectivity index (χ0) is 13.1. The molecule has 1 heterocycles. The normalized spacial score (nSPS) is 10.6. The zero-order valence-electron chi connectivity index (χ0n) is 9.70. The molecule has 0 bridgehead atoms. The molecular weight excluding hydrogens is 303 g/mol. The fourth-order valence-electron chi connectivity index (χ4n) is 1.46. The van der Waals surface area contributed by atoms with Gasteiger partial charge >= 0.3 is 0 Å². The van der Waals surface area contributed by atoms with Crippen LogP contribution in [0.1, 0.15) is 11.7 Å². The largest absolute Gasteiger partial charge is 0.397 e. The summed E-state index contributed by atoms with van der Waals surface area (Å²) in [5.74, 6) is 0.777. The summed E-state index contributed by atoms with van der Waals surface area (Å²) in [7, 11) is 0. The summed E-state index contributed by atoms with van der Waals surface area (Å²) in [6, 6.07) is 2.87. The highest BCUT2D eigenvalue weighted by molar-refractivity contribution is 9.10. The van der Waals surface area contributed by atoms with E-state index in [-0.39, 0.29) is 5.82 Å². The van der Waals surface area contributed by atoms with Crippen molar-refractivity contribution in [3.8, 4) is 0 Å². The molecule has 2 rings (SSSR count). The van der Waals surface area contributed by atoms with E-state index in [2.05, 4.69) is 31.4 Å². The van der Waals surface area contributed by atoms with E-state index in [1.807, 2.05) is 0 Å². The van der Waals surface area contributed by atoms with Crippen LogP contribution in [0.5, 0.6) is 0 Å². The van der Waals surface area contributed by atoms with E-state index < -0.39 is 0 Å². The van der Waals surface area contributed by atoms with Crippen molar-refractivity contribution < 1.29 is 8.91 Å². The highest BCUT2D eigenvalue weighted by Crippen LogP contribution is 2.26. The number of nitrogens with zero attached hydrogens (tertiary/aromatic N) is 2. The van der Waals surface area contributed by atoms with E-state index >= 15 is 0 Å². The number of benzene rings is 1. The summed E-state index contributed by atoms with van der Waals surface area (Å²) in [6.45, 7) is 2.33. The second kappa shape index (κ2) is 5.34. The van der Waals surface area contributed by atoms with Crippen molar-refractivity contribution in [2.24, 2.45) is 0 Å². The number of nitrogens with one attached hydrogen (secondary N) is 1. The Labute approximate surface area is 112 Å². The van der Waals surface area contributed by atoms with Crippen molar-refractivity contribution in [2.45, 2.75) is 13.3 Å². The molecule has 0 saturated heterocycles. The molecule has 2 aromatic rings. The van der Waals surface area contributed by atoms with Gasteiger partial charge in [-0.05, 0) is 28.9 Å². The quantitative estimate of drug-likeness (QED) is 0.848. The van der Waals surface area contributed by atoms with Gasteiger partial charge in [0.2, 0.25) is 5.89 Å². The number of aromatic nitrogens is 2. The maximum Gasteiger partial charge on any atom is 0.228 e. The average molecular weight is 315 g/mol. The molecule has 0 fully saturated rings. The van der Waals surface area contributed by atoms with Crippen LogP contribution in [0.15, 0.2) is 21.1 Å². The Morgan fingerprint density at radius 3 is 2.94 bits per heavy atom. The summed E-state index contributed by atoms with van der Waals surface area (Å²) < 4.78 is 18.5. The fourth-order valence-corrected chi connectivity index (χ4v) is 1.80. The van der Waals surface area contributed by atoms with Crippen molar-refractivity contribution in [3.05, 3.63) is 34.1 Å². The van der Waals surface area contributed by atoms with E-state index in [4.69, 9.17) is 10.3 Å². The fraction of sp³-hybridized carbons (Fsp3) is 0.273. The molecule has 1 aromatic heterocycles. The first-order valence-corrected chi connectivity index (χ1v) is 6.13. The number of rotatable bonds is 4. The Balaban J connectivity index is 1.96. The van der Waals surface area contributed by atoms with Crippen LogP contribution in [-0.2, 0) is 6.42 Å². The van der Waals surface area contributed by atoms with Gasteiger partial charge < -0.3 is 15.6 Å². The Morgan fingerprint density at radius 1 is 1.50 bits per heavy atom. The summed E-state index contributed by atoms with van der Waals surface area (Å²) >= 11 is 3.11. The van der Waals surface area contributed by atoms with E-state index in [1.165, 1.54) is 6.07 Å². The van der Waals surface area contributed by atoms with Gasteiger partial charge in [-0.1, -0.05) is 5.16 Å². The van der Waals surface area contributed by atoms with Crippen molar-refractivity contribution in [2.75, 3.05) is 17.6 Å². The third-order valence-corrected chi connectivity index (χ3v) is 2.92. The Kier molecular flexibility index (Phi) is 3.81. The first-order chi connectivity index (χ1) is 8.56. The van der Waals surface area contributed by atoms with Gasteiger partial charge in [-0.3, -0.25) is 0 Å². The molecule has 0 unspecified atom stereocenters. The minimum Gasteiger partial charge on any atom is -0.397 e. The van der Waals surface area contributed by atoms with Crippen LogP contribution >= 0.6 is 15.9 Å². The first kappa shape index (κ1) is 12.8. The predicted octanol–water partition coefficient (Wildman–Crippen LogP) is 2.52. The Bertz CT molecular complexity index is 558. The molecule has 0 aliphatic heterocycles. The van der Waals surface area contributed by atoms with Gasteiger partial charge in [0.05, 0.1) is 15.8 Å². The van der Waals surface area contributed by atoms with E-state index in [9.17, 15) is 4.39 Å². The number of aryl methyl sites for hydroxylation is 1. The third kappa shape index (κ3) is 2.98. The molecule has 0 atom stereocenters. The molecule has 18 heavy (non-hydrogen) atoms. The summed E-state index contributed by atoms with van der Waals surface area (Å²) in [6.07, 6.45) is 0.579. The maximum atomic E-state index is 13.2. The average Bonchev–Trinajstić information content (AvgIpc) is 2.71. The highest BCUT2D eigenvalue weighted by atomic mass is 79.9. The van der Waals surface area contributed by atoms with Crippen LogP contribution in [0.25, 0.3) is 0 Å². The highest BCUT2D eigenvalue weighted by Gasteiger charge is 2.07. The standard InChI is InChI=1S/C11H12BrFN4O/c1-6-16-11(18-17-6)2-3-15-10-4-7(12)8(13)5-9(10)14/h4-5,15H,2-3,14H2,1H3. The molecule has 3 N–H and O–H groups in total. The van der Waals surface area contributed by atoms with Crippen LogP contribution in [0.4, 0.5) is 15.8 Å². The summed E-state index contributed by atoms with van der Waals surface area (Å²) in [4.78, 5) is 4.08. The van der Waals surface area contributed by atoms with Gasteiger partial charge in [0.25, 0.3) is 0 Å². The minimum atomic E-state index is -0.384. The van der Waals surface area contributed by atoms with Crippen LogP contribution in [0.2, 0.25) is 0 Å². The second-order valence-electron chi connectivity index (χ2n) is 3.77. The van der Waals surface area contributed by atoms with Gasteiger partial charge in [-0.25, -0.2) is 4.39 Å². The molecule has 1 aromatic carbocycles. The molecule has 96 valence electrons. The van der Waals surface area contributed by atoms with Crippen molar-refractivity contribution in [1.29, 1.82) is 0 Å². The lowest BCUT2D eigenvalue weighted by molar-refractivity contribution is 0.377. The molecular formula is C11H12BrFN4O. The van der Waals surface area contributed by atoms with Gasteiger partial charge in [0, 0.05) is 19.0 Å². The first-order valence-electron chi connectivity index (χ1n) is 5.34. The molecule has 7 heteroatoms. The summed E-state index contributed by atoms with van der Waals surface area (Å²) in [5, 5.41) is 6.78. The molecule has 0 spiro atoms. The molecule has 0 aliphatic carbocycles. The molecule has 0 amide bonds. The van der Waals surface area contributed by atoms with Gasteiger partial charge in [0.1, 0.15) is 5.82 Å². The van der Waals surface area contributed by atoms with Gasteiger partial charge in [-0.2, -0.15) is 4.98 Å². The number of hydrogen-bond donors (Lipinski definition) is 2. The van der Waals surface area contributed by atoms with Crippen LogP contribution in [-0.4, -0.2) is 16.7 Å². The monoisotopic (exact) mass is 314 g/mol.